The predicted octanol–water partition coefficient (Wildman–Crippen LogP) is 4.49. The van der Waals surface area contributed by atoms with Gasteiger partial charge in [0.05, 0.1) is 36.9 Å². The Labute approximate surface area is 219 Å². The second-order valence-corrected chi connectivity index (χ2v) is 8.78. The topological polar surface area (TPSA) is 130 Å². The van der Waals surface area contributed by atoms with Crippen molar-refractivity contribution in [2.75, 3.05) is 39.9 Å². The summed E-state index contributed by atoms with van der Waals surface area (Å²) in [6.07, 6.45) is 5.18. The standard InChI is InChI=1S/C26H27N9O3/c1-16-9-10-18(30-25(36)31-20-7-5-6-8-22(20)38-4)11-21(16)35-14-17-12-27-24(29-19-13-28-33(2)15-19)32-23(17)34(3)26(35)37/h5-13,15H,14H2,1-4H3,(H,27,29,32)(H2,30,31,36). The van der Waals surface area contributed by atoms with Crippen LogP contribution in [-0.4, -0.2) is 46.0 Å². The summed E-state index contributed by atoms with van der Waals surface area (Å²) in [5.41, 5.74) is 4.15. The van der Waals surface area contributed by atoms with Crippen molar-refractivity contribution in [2.45, 2.75) is 13.5 Å². The Morgan fingerprint density at radius 2 is 1.87 bits per heavy atom. The minimum atomic E-state index is -0.432. The first kappa shape index (κ1) is 24.6. The molecule has 3 N–H and O–H groups in total. The molecular weight excluding hydrogens is 486 g/mol. The molecule has 38 heavy (non-hydrogen) atoms. The van der Waals surface area contributed by atoms with E-state index in [-0.39, 0.29) is 12.6 Å². The van der Waals surface area contributed by atoms with Gasteiger partial charge in [-0.25, -0.2) is 14.6 Å². The van der Waals surface area contributed by atoms with Gasteiger partial charge in [-0.3, -0.25) is 14.5 Å². The Morgan fingerprint density at radius 3 is 2.63 bits per heavy atom. The summed E-state index contributed by atoms with van der Waals surface area (Å²) in [5.74, 6) is 1.44. The number of nitrogens with zero attached hydrogens (tertiary/aromatic N) is 6. The number of aromatic nitrogens is 4. The molecule has 0 saturated heterocycles. The summed E-state index contributed by atoms with van der Waals surface area (Å²) in [6, 6.07) is 11.9. The van der Waals surface area contributed by atoms with Crippen molar-refractivity contribution < 1.29 is 14.3 Å². The van der Waals surface area contributed by atoms with Crippen molar-refractivity contribution >= 4 is 46.6 Å². The molecule has 1 aliphatic heterocycles. The molecule has 194 valence electrons. The maximum atomic E-state index is 13.4. The van der Waals surface area contributed by atoms with Crippen LogP contribution in [-0.2, 0) is 13.6 Å². The zero-order chi connectivity index (χ0) is 26.8. The number of urea groups is 2. The Kier molecular flexibility index (Phi) is 6.52. The number of rotatable bonds is 6. The number of amides is 4. The lowest BCUT2D eigenvalue weighted by Crippen LogP contribution is -2.46. The van der Waals surface area contributed by atoms with Gasteiger partial charge in [-0.15, -0.1) is 0 Å². The smallest absolute Gasteiger partial charge is 0.330 e. The zero-order valence-electron chi connectivity index (χ0n) is 21.4. The van der Waals surface area contributed by atoms with Crippen molar-refractivity contribution in [1.29, 1.82) is 0 Å². The van der Waals surface area contributed by atoms with Gasteiger partial charge < -0.3 is 20.7 Å². The number of fused-ring (bicyclic) bond motifs is 1. The van der Waals surface area contributed by atoms with Crippen LogP contribution in [0, 0.1) is 6.92 Å². The second kappa shape index (κ2) is 10.1. The molecule has 2 aromatic carbocycles. The van der Waals surface area contributed by atoms with Crippen LogP contribution in [0.1, 0.15) is 11.1 Å². The molecule has 1 aliphatic rings. The zero-order valence-corrected chi connectivity index (χ0v) is 21.4. The number of hydrogen-bond donors (Lipinski definition) is 3. The molecule has 12 heteroatoms. The molecule has 0 radical (unpaired) electrons. The minimum absolute atomic E-state index is 0.248. The summed E-state index contributed by atoms with van der Waals surface area (Å²) < 4.78 is 6.96. The third-order valence-electron chi connectivity index (χ3n) is 6.08. The van der Waals surface area contributed by atoms with Gasteiger partial charge in [0.25, 0.3) is 0 Å². The number of ether oxygens (including phenoxy) is 1. The fraction of sp³-hybridized carbons (Fsp3) is 0.192. The Morgan fingerprint density at radius 1 is 1.05 bits per heavy atom. The highest BCUT2D eigenvalue weighted by Crippen LogP contribution is 2.33. The maximum absolute atomic E-state index is 13.4. The summed E-state index contributed by atoms with van der Waals surface area (Å²) in [6.45, 7) is 2.19. The van der Waals surface area contributed by atoms with Crippen LogP contribution in [0.3, 0.4) is 0 Å². The van der Waals surface area contributed by atoms with E-state index < -0.39 is 6.03 Å². The molecule has 0 atom stereocenters. The largest absolute Gasteiger partial charge is 0.495 e. The molecule has 0 bridgehead atoms. The van der Waals surface area contributed by atoms with Crippen LogP contribution >= 0.6 is 0 Å². The lowest BCUT2D eigenvalue weighted by molar-refractivity contribution is 0.251. The number of benzene rings is 2. The summed E-state index contributed by atoms with van der Waals surface area (Å²) in [5, 5.41) is 12.8. The van der Waals surface area contributed by atoms with Crippen LogP contribution in [0.15, 0.2) is 61.1 Å². The van der Waals surface area contributed by atoms with E-state index in [0.29, 0.717) is 34.6 Å². The SMILES string of the molecule is COc1ccccc1NC(=O)Nc1ccc(C)c(N2Cc3cnc(Nc4cnn(C)c4)nc3N(C)C2=O)c1. The van der Waals surface area contributed by atoms with Crippen molar-refractivity contribution in [3.05, 3.63) is 72.2 Å². The molecule has 0 saturated carbocycles. The normalized spacial score (nSPS) is 12.7. The first-order valence-corrected chi connectivity index (χ1v) is 11.8. The van der Waals surface area contributed by atoms with E-state index in [9.17, 15) is 9.59 Å². The van der Waals surface area contributed by atoms with Gasteiger partial charge in [-0.2, -0.15) is 10.1 Å². The molecule has 5 rings (SSSR count). The number of nitrogens with one attached hydrogen (secondary N) is 3. The average Bonchev–Trinajstić information content (AvgIpc) is 3.32. The van der Waals surface area contributed by atoms with Gasteiger partial charge in [0.2, 0.25) is 5.95 Å². The number of aryl methyl sites for hydroxylation is 2. The number of carbonyl (C=O) groups excluding carboxylic acids is 2. The molecule has 3 heterocycles. The molecule has 4 amide bonds. The van der Waals surface area contributed by atoms with Crippen LogP contribution in [0.4, 0.5) is 44.1 Å². The molecule has 0 unspecified atom stereocenters. The fourth-order valence-corrected chi connectivity index (χ4v) is 4.18. The molecule has 0 spiro atoms. The first-order valence-electron chi connectivity index (χ1n) is 11.8. The Bertz CT molecular complexity index is 1520. The van der Waals surface area contributed by atoms with E-state index in [2.05, 4.69) is 31.0 Å². The molecule has 2 aromatic heterocycles. The fourth-order valence-electron chi connectivity index (χ4n) is 4.18. The molecule has 12 nitrogen and oxygen atoms in total. The number of anilines is 6. The third-order valence-corrected chi connectivity index (χ3v) is 6.08. The van der Waals surface area contributed by atoms with E-state index in [1.54, 1.807) is 72.7 Å². The average molecular weight is 514 g/mol. The molecular formula is C26H27N9O3. The first-order chi connectivity index (χ1) is 18.3. The third kappa shape index (κ3) is 4.91. The van der Waals surface area contributed by atoms with Crippen molar-refractivity contribution in [3.8, 4) is 5.75 Å². The lowest BCUT2D eigenvalue weighted by atomic mass is 10.1. The summed E-state index contributed by atoms with van der Waals surface area (Å²) in [4.78, 5) is 38.2. The minimum Gasteiger partial charge on any atom is -0.495 e. The highest BCUT2D eigenvalue weighted by molar-refractivity contribution is 6.06. The number of methoxy groups -OCH3 is 1. The Hall–Kier alpha value is -5.13. The van der Waals surface area contributed by atoms with Gasteiger partial charge in [0, 0.05) is 37.7 Å². The van der Waals surface area contributed by atoms with E-state index in [0.717, 1.165) is 16.8 Å². The highest BCUT2D eigenvalue weighted by Gasteiger charge is 2.31. The Balaban J connectivity index is 1.35. The van der Waals surface area contributed by atoms with Gasteiger partial charge in [0.15, 0.2) is 0 Å². The van der Waals surface area contributed by atoms with E-state index in [1.807, 2.05) is 26.1 Å². The lowest BCUT2D eigenvalue weighted by Gasteiger charge is -2.35. The van der Waals surface area contributed by atoms with Crippen molar-refractivity contribution in [3.63, 3.8) is 0 Å². The van der Waals surface area contributed by atoms with E-state index in [4.69, 9.17) is 4.74 Å². The molecule has 0 aliphatic carbocycles. The monoisotopic (exact) mass is 513 g/mol. The van der Waals surface area contributed by atoms with Gasteiger partial charge in [-0.05, 0) is 36.8 Å². The van der Waals surface area contributed by atoms with Crippen molar-refractivity contribution in [2.24, 2.45) is 7.05 Å². The highest BCUT2D eigenvalue weighted by atomic mass is 16.5. The number of para-hydroxylation sites is 2. The van der Waals surface area contributed by atoms with E-state index in [1.165, 1.54) is 4.90 Å². The van der Waals surface area contributed by atoms with Crippen LogP contribution in [0.5, 0.6) is 5.75 Å². The van der Waals surface area contributed by atoms with Gasteiger partial charge in [-0.1, -0.05) is 18.2 Å². The summed E-state index contributed by atoms with van der Waals surface area (Å²) in [7, 11) is 5.03. The quantitative estimate of drug-likeness (QED) is 0.346. The number of hydrogen-bond acceptors (Lipinski definition) is 7. The summed E-state index contributed by atoms with van der Waals surface area (Å²) >= 11 is 0. The van der Waals surface area contributed by atoms with Gasteiger partial charge >= 0.3 is 12.1 Å². The number of carbonyl (C=O) groups is 2. The molecule has 4 aromatic rings. The molecule has 0 fully saturated rings. The van der Waals surface area contributed by atoms with Crippen LogP contribution in [0.25, 0.3) is 0 Å². The van der Waals surface area contributed by atoms with Crippen LogP contribution < -0.4 is 30.5 Å². The van der Waals surface area contributed by atoms with Crippen molar-refractivity contribution in [1.82, 2.24) is 19.7 Å². The van der Waals surface area contributed by atoms with Crippen LogP contribution in [0.2, 0.25) is 0 Å². The van der Waals surface area contributed by atoms with Gasteiger partial charge in [0.1, 0.15) is 11.6 Å². The predicted molar refractivity (Wildman–Crippen MR) is 145 cm³/mol. The maximum Gasteiger partial charge on any atom is 0.330 e. The van der Waals surface area contributed by atoms with E-state index >= 15 is 0 Å². The second-order valence-electron chi connectivity index (χ2n) is 8.78.